The summed E-state index contributed by atoms with van der Waals surface area (Å²) in [6.07, 6.45) is 0.804. The zero-order chi connectivity index (χ0) is 11.9. The summed E-state index contributed by atoms with van der Waals surface area (Å²) in [5, 5.41) is 12.8. The standard InChI is InChI=1S/C14H19NO/c1-3-4-8-11-15-14(2,12-16)13-9-6-5-7-10-13/h5-7,9-10,15-16H,8,11-12H2,1-2H3. The summed E-state index contributed by atoms with van der Waals surface area (Å²) < 4.78 is 0. The van der Waals surface area contributed by atoms with Gasteiger partial charge in [-0.05, 0) is 19.4 Å². The largest absolute Gasteiger partial charge is 0.394 e. The molecule has 0 heterocycles. The third kappa shape index (κ3) is 3.37. The van der Waals surface area contributed by atoms with Gasteiger partial charge in [0.05, 0.1) is 12.1 Å². The van der Waals surface area contributed by atoms with Crippen LogP contribution >= 0.6 is 0 Å². The Hall–Kier alpha value is -1.30. The van der Waals surface area contributed by atoms with Crippen LogP contribution in [0.3, 0.4) is 0 Å². The molecule has 2 heteroatoms. The first kappa shape index (κ1) is 12.8. The third-order valence-electron chi connectivity index (χ3n) is 2.67. The summed E-state index contributed by atoms with van der Waals surface area (Å²) >= 11 is 0. The fourth-order valence-electron chi connectivity index (χ4n) is 1.58. The molecule has 2 N–H and O–H groups in total. The van der Waals surface area contributed by atoms with Crippen LogP contribution in [-0.2, 0) is 5.54 Å². The average Bonchev–Trinajstić information content (AvgIpc) is 2.35. The van der Waals surface area contributed by atoms with E-state index in [1.54, 1.807) is 0 Å². The molecule has 0 radical (unpaired) electrons. The number of hydrogen-bond donors (Lipinski definition) is 2. The van der Waals surface area contributed by atoms with E-state index < -0.39 is 0 Å². The Balaban J connectivity index is 2.65. The molecule has 16 heavy (non-hydrogen) atoms. The first-order valence-corrected chi connectivity index (χ1v) is 5.54. The summed E-state index contributed by atoms with van der Waals surface area (Å²) in [5.74, 6) is 5.86. The second-order valence-electron chi connectivity index (χ2n) is 3.96. The quantitative estimate of drug-likeness (QED) is 0.583. The molecule has 1 aromatic carbocycles. The van der Waals surface area contributed by atoms with E-state index in [0.717, 1.165) is 18.5 Å². The number of aliphatic hydroxyl groups excluding tert-OH is 1. The molecule has 0 fully saturated rings. The number of nitrogens with one attached hydrogen (secondary N) is 1. The molecule has 1 atom stereocenters. The van der Waals surface area contributed by atoms with Gasteiger partial charge in [-0.3, -0.25) is 0 Å². The molecule has 1 unspecified atom stereocenters. The van der Waals surface area contributed by atoms with Crippen molar-refractivity contribution in [1.29, 1.82) is 0 Å². The monoisotopic (exact) mass is 217 g/mol. The molecular weight excluding hydrogens is 198 g/mol. The van der Waals surface area contributed by atoms with Crippen molar-refractivity contribution in [3.63, 3.8) is 0 Å². The second kappa shape index (κ2) is 6.32. The van der Waals surface area contributed by atoms with Crippen LogP contribution in [0.2, 0.25) is 0 Å². The van der Waals surface area contributed by atoms with Gasteiger partial charge in [0, 0.05) is 13.0 Å². The Kier molecular flexibility index (Phi) is 5.04. The van der Waals surface area contributed by atoms with Crippen molar-refractivity contribution >= 4 is 0 Å². The van der Waals surface area contributed by atoms with E-state index in [-0.39, 0.29) is 12.1 Å². The van der Waals surface area contributed by atoms with E-state index in [1.807, 2.05) is 44.2 Å². The van der Waals surface area contributed by atoms with Gasteiger partial charge in [-0.15, -0.1) is 11.8 Å². The lowest BCUT2D eigenvalue weighted by Gasteiger charge is -2.29. The Morgan fingerprint density at radius 3 is 2.56 bits per heavy atom. The smallest absolute Gasteiger partial charge is 0.0652 e. The van der Waals surface area contributed by atoms with Gasteiger partial charge in [0.2, 0.25) is 0 Å². The zero-order valence-corrected chi connectivity index (χ0v) is 9.96. The molecule has 0 bridgehead atoms. The summed E-state index contributed by atoms with van der Waals surface area (Å²) in [6.45, 7) is 4.70. The minimum atomic E-state index is -0.378. The molecule has 2 nitrogen and oxygen atoms in total. The van der Waals surface area contributed by atoms with Crippen LogP contribution in [0.25, 0.3) is 0 Å². The molecular formula is C14H19NO. The fourth-order valence-corrected chi connectivity index (χ4v) is 1.58. The van der Waals surface area contributed by atoms with Crippen molar-refractivity contribution in [3.8, 4) is 11.8 Å². The molecule has 1 rings (SSSR count). The lowest BCUT2D eigenvalue weighted by molar-refractivity contribution is 0.176. The molecule has 0 saturated heterocycles. The van der Waals surface area contributed by atoms with Crippen LogP contribution in [0.5, 0.6) is 0 Å². The van der Waals surface area contributed by atoms with E-state index in [4.69, 9.17) is 0 Å². The Bertz CT molecular complexity index is 363. The van der Waals surface area contributed by atoms with Crippen LogP contribution < -0.4 is 5.32 Å². The van der Waals surface area contributed by atoms with Gasteiger partial charge >= 0.3 is 0 Å². The van der Waals surface area contributed by atoms with Crippen molar-refractivity contribution in [3.05, 3.63) is 35.9 Å². The Labute approximate surface area is 97.7 Å². The first-order chi connectivity index (χ1) is 7.73. The highest BCUT2D eigenvalue weighted by molar-refractivity contribution is 5.23. The number of benzene rings is 1. The predicted molar refractivity (Wildman–Crippen MR) is 66.9 cm³/mol. The van der Waals surface area contributed by atoms with Gasteiger partial charge < -0.3 is 10.4 Å². The molecule has 0 aliphatic rings. The summed E-state index contributed by atoms with van der Waals surface area (Å²) in [6, 6.07) is 9.99. The van der Waals surface area contributed by atoms with Gasteiger partial charge in [0.1, 0.15) is 0 Å². The van der Waals surface area contributed by atoms with Gasteiger partial charge in [0.25, 0.3) is 0 Å². The minimum Gasteiger partial charge on any atom is -0.394 e. The minimum absolute atomic E-state index is 0.0799. The predicted octanol–water partition coefficient (Wildman–Crippen LogP) is 1.90. The summed E-state index contributed by atoms with van der Waals surface area (Å²) in [7, 11) is 0. The number of rotatable bonds is 5. The fraction of sp³-hybridized carbons (Fsp3) is 0.429. The molecule has 0 aliphatic heterocycles. The lowest BCUT2D eigenvalue weighted by atomic mass is 9.93. The van der Waals surface area contributed by atoms with E-state index in [0.29, 0.717) is 0 Å². The van der Waals surface area contributed by atoms with Crippen LogP contribution in [0.4, 0.5) is 0 Å². The van der Waals surface area contributed by atoms with Crippen molar-refractivity contribution in [2.24, 2.45) is 0 Å². The topological polar surface area (TPSA) is 32.3 Å². The molecule has 0 amide bonds. The highest BCUT2D eigenvalue weighted by Crippen LogP contribution is 2.19. The van der Waals surface area contributed by atoms with Gasteiger partial charge in [-0.2, -0.15) is 0 Å². The van der Waals surface area contributed by atoms with Crippen LogP contribution in [0.15, 0.2) is 30.3 Å². The first-order valence-electron chi connectivity index (χ1n) is 5.54. The highest BCUT2D eigenvalue weighted by atomic mass is 16.3. The van der Waals surface area contributed by atoms with Gasteiger partial charge in [-0.25, -0.2) is 0 Å². The van der Waals surface area contributed by atoms with Crippen molar-refractivity contribution in [2.75, 3.05) is 13.2 Å². The van der Waals surface area contributed by atoms with Crippen molar-refractivity contribution in [1.82, 2.24) is 5.32 Å². The summed E-state index contributed by atoms with van der Waals surface area (Å²) in [5.41, 5.74) is 0.721. The molecule has 0 saturated carbocycles. The van der Waals surface area contributed by atoms with Gasteiger partial charge in [0.15, 0.2) is 0 Å². The third-order valence-corrected chi connectivity index (χ3v) is 2.67. The maximum absolute atomic E-state index is 9.50. The molecule has 1 aromatic rings. The molecule has 0 aliphatic carbocycles. The van der Waals surface area contributed by atoms with E-state index in [1.165, 1.54) is 0 Å². The lowest BCUT2D eigenvalue weighted by Crippen LogP contribution is -2.43. The number of aliphatic hydroxyl groups is 1. The second-order valence-corrected chi connectivity index (χ2v) is 3.96. The highest BCUT2D eigenvalue weighted by Gasteiger charge is 2.24. The van der Waals surface area contributed by atoms with E-state index in [2.05, 4.69) is 17.2 Å². The normalized spacial score (nSPS) is 13.7. The maximum atomic E-state index is 9.50. The molecule has 0 aromatic heterocycles. The molecule has 0 spiro atoms. The zero-order valence-electron chi connectivity index (χ0n) is 9.96. The Morgan fingerprint density at radius 1 is 1.31 bits per heavy atom. The van der Waals surface area contributed by atoms with Crippen LogP contribution in [-0.4, -0.2) is 18.3 Å². The Morgan fingerprint density at radius 2 is 2.00 bits per heavy atom. The average molecular weight is 217 g/mol. The SMILES string of the molecule is CC#CCCNC(C)(CO)c1ccccc1. The van der Waals surface area contributed by atoms with Gasteiger partial charge in [-0.1, -0.05) is 30.3 Å². The van der Waals surface area contributed by atoms with Crippen molar-refractivity contribution in [2.45, 2.75) is 25.8 Å². The maximum Gasteiger partial charge on any atom is 0.0652 e. The number of hydrogen-bond acceptors (Lipinski definition) is 2. The van der Waals surface area contributed by atoms with Crippen LogP contribution in [0.1, 0.15) is 25.8 Å². The molecule has 86 valence electrons. The van der Waals surface area contributed by atoms with E-state index >= 15 is 0 Å². The summed E-state index contributed by atoms with van der Waals surface area (Å²) in [4.78, 5) is 0. The van der Waals surface area contributed by atoms with Crippen molar-refractivity contribution < 1.29 is 5.11 Å². The van der Waals surface area contributed by atoms with Crippen LogP contribution in [0, 0.1) is 11.8 Å². The van der Waals surface area contributed by atoms with E-state index in [9.17, 15) is 5.11 Å².